The largest absolute Gasteiger partial charge is 0.368 e. The van der Waals surface area contributed by atoms with Crippen LogP contribution in [0, 0.1) is 5.92 Å². The summed E-state index contributed by atoms with van der Waals surface area (Å²) in [5.74, 6) is 1.50. The minimum atomic E-state index is -0.0204. The van der Waals surface area contributed by atoms with Crippen molar-refractivity contribution in [2.45, 2.75) is 47.9 Å². The molecule has 4 aliphatic rings. The predicted molar refractivity (Wildman–Crippen MR) is 116 cm³/mol. The number of carbonyl (C=O) groups excluding carboxylic acids is 1. The molecular weight excluding hydrogens is 398 g/mol. The van der Waals surface area contributed by atoms with Gasteiger partial charge in [0.1, 0.15) is 11.9 Å². The second-order valence-corrected chi connectivity index (χ2v) is 9.55. The van der Waals surface area contributed by atoms with E-state index in [2.05, 4.69) is 32.4 Å². The van der Waals surface area contributed by atoms with E-state index in [0.29, 0.717) is 18.6 Å². The van der Waals surface area contributed by atoms with Crippen molar-refractivity contribution in [3.63, 3.8) is 0 Å². The highest BCUT2D eigenvalue weighted by atomic mass is 32.2. The fourth-order valence-corrected chi connectivity index (χ4v) is 5.64. The minimum absolute atomic E-state index is 0.0204. The second-order valence-electron chi connectivity index (χ2n) is 8.44. The van der Waals surface area contributed by atoms with E-state index in [9.17, 15) is 4.79 Å². The van der Waals surface area contributed by atoms with Crippen LogP contribution in [0.5, 0.6) is 0 Å². The molecule has 160 valence electrons. The Bertz CT molecular complexity index is 870. The Balaban J connectivity index is 1.19. The van der Waals surface area contributed by atoms with Crippen molar-refractivity contribution in [1.29, 1.82) is 0 Å². The molecule has 1 aromatic heterocycles. The van der Waals surface area contributed by atoms with E-state index in [1.165, 1.54) is 25.9 Å². The molecule has 0 aliphatic carbocycles. The number of rotatable bonds is 5. The first-order valence-electron chi connectivity index (χ1n) is 10.9. The molecule has 1 unspecified atom stereocenters. The molecule has 7 nitrogen and oxygen atoms in total. The molecule has 1 aromatic carbocycles. The van der Waals surface area contributed by atoms with Gasteiger partial charge in [0.05, 0.1) is 17.8 Å². The highest BCUT2D eigenvalue weighted by molar-refractivity contribution is 7.99. The van der Waals surface area contributed by atoms with E-state index in [0.717, 1.165) is 34.4 Å². The van der Waals surface area contributed by atoms with Gasteiger partial charge in [0.2, 0.25) is 0 Å². The van der Waals surface area contributed by atoms with E-state index in [4.69, 9.17) is 4.74 Å². The van der Waals surface area contributed by atoms with Crippen LogP contribution in [0.15, 0.2) is 40.4 Å². The van der Waals surface area contributed by atoms with Crippen LogP contribution in [0.4, 0.5) is 0 Å². The van der Waals surface area contributed by atoms with E-state index >= 15 is 0 Å². The molecule has 8 heteroatoms. The number of piperidine rings is 3. The normalized spacial score (nSPS) is 30.9. The van der Waals surface area contributed by atoms with Gasteiger partial charge in [-0.25, -0.2) is 4.98 Å². The SMILES string of the molecule is C[C@H]1[C@H](NC(=O)c2ccc(Sc3cnc(C4CNCCO4)[nH]3)cc2)C2CCN1CC2. The topological polar surface area (TPSA) is 82.3 Å². The van der Waals surface area contributed by atoms with Crippen LogP contribution in [0.25, 0.3) is 0 Å². The van der Waals surface area contributed by atoms with E-state index in [1.54, 1.807) is 11.8 Å². The third-order valence-corrected chi connectivity index (χ3v) is 7.56. The van der Waals surface area contributed by atoms with Crippen molar-refractivity contribution in [3.8, 4) is 0 Å². The first-order chi connectivity index (χ1) is 14.7. The van der Waals surface area contributed by atoms with Crippen molar-refractivity contribution in [2.24, 2.45) is 5.92 Å². The van der Waals surface area contributed by atoms with Crippen molar-refractivity contribution in [3.05, 3.63) is 41.9 Å². The Morgan fingerprint density at radius 1 is 1.27 bits per heavy atom. The van der Waals surface area contributed by atoms with E-state index in [-0.39, 0.29) is 18.1 Å². The maximum atomic E-state index is 12.8. The summed E-state index contributed by atoms with van der Waals surface area (Å²) in [5.41, 5.74) is 0.718. The first kappa shape index (κ1) is 20.1. The van der Waals surface area contributed by atoms with Crippen molar-refractivity contribution >= 4 is 17.7 Å². The molecule has 2 aromatic rings. The van der Waals surface area contributed by atoms with Gasteiger partial charge in [-0.2, -0.15) is 0 Å². The number of fused-ring (bicyclic) bond motifs is 3. The summed E-state index contributed by atoms with van der Waals surface area (Å²) in [4.78, 5) is 24.2. The number of aromatic nitrogens is 2. The number of hydrogen-bond donors (Lipinski definition) is 3. The molecule has 0 saturated carbocycles. The van der Waals surface area contributed by atoms with Gasteiger partial charge in [-0.05, 0) is 63.0 Å². The number of morpholine rings is 1. The number of amides is 1. The standard InChI is InChI=1S/C22H29N5O2S/c1-14-20(15-6-9-27(14)10-7-15)26-22(28)16-2-4-17(5-3-16)30-19-13-24-21(25-19)18-12-23-8-11-29-18/h2-5,13-15,18,20,23H,6-12H2,1H3,(H,24,25)(H,26,28)/t14-,18?,20-/m0/s1. The Morgan fingerprint density at radius 2 is 2.07 bits per heavy atom. The number of H-pyrrole nitrogens is 1. The molecule has 0 radical (unpaired) electrons. The van der Waals surface area contributed by atoms with E-state index < -0.39 is 0 Å². The fourth-order valence-electron chi connectivity index (χ4n) is 4.86. The minimum Gasteiger partial charge on any atom is -0.368 e. The summed E-state index contributed by atoms with van der Waals surface area (Å²) in [6.07, 6.45) is 4.21. The van der Waals surface area contributed by atoms with Crippen molar-refractivity contribution < 1.29 is 9.53 Å². The van der Waals surface area contributed by atoms with Crippen molar-refractivity contribution in [1.82, 2.24) is 25.5 Å². The van der Waals surface area contributed by atoms with Crippen LogP contribution < -0.4 is 10.6 Å². The molecule has 1 amide bonds. The van der Waals surface area contributed by atoms with Gasteiger partial charge in [-0.1, -0.05) is 11.8 Å². The molecule has 4 aliphatic heterocycles. The van der Waals surface area contributed by atoms with Crippen LogP contribution in [0.1, 0.15) is 42.1 Å². The number of ether oxygens (including phenoxy) is 1. The molecule has 3 atom stereocenters. The lowest BCUT2D eigenvalue weighted by Gasteiger charge is -2.49. The Kier molecular flexibility index (Phi) is 5.82. The number of nitrogens with zero attached hydrogens (tertiary/aromatic N) is 2. The Morgan fingerprint density at radius 3 is 2.77 bits per heavy atom. The number of hydrogen-bond acceptors (Lipinski definition) is 6. The Hall–Kier alpha value is -1.87. The molecule has 2 bridgehead atoms. The van der Waals surface area contributed by atoms with Gasteiger partial charge in [-0.15, -0.1) is 0 Å². The number of benzene rings is 1. The molecule has 3 N–H and O–H groups in total. The molecule has 0 spiro atoms. The average molecular weight is 428 g/mol. The highest BCUT2D eigenvalue weighted by Gasteiger charge is 2.40. The van der Waals surface area contributed by atoms with E-state index in [1.807, 2.05) is 30.5 Å². The Labute approximate surface area is 181 Å². The van der Waals surface area contributed by atoms with Gasteiger partial charge in [0.15, 0.2) is 0 Å². The number of aromatic amines is 1. The summed E-state index contributed by atoms with van der Waals surface area (Å²) in [6.45, 7) is 6.95. The van der Waals surface area contributed by atoms with Gasteiger partial charge < -0.3 is 20.4 Å². The number of nitrogens with one attached hydrogen (secondary N) is 3. The van der Waals surface area contributed by atoms with Crippen LogP contribution in [0.3, 0.4) is 0 Å². The maximum absolute atomic E-state index is 12.8. The number of carbonyl (C=O) groups is 1. The molecular formula is C22H29N5O2S. The molecule has 4 saturated heterocycles. The quantitative estimate of drug-likeness (QED) is 0.680. The predicted octanol–water partition coefficient (Wildman–Crippen LogP) is 2.43. The zero-order valence-corrected chi connectivity index (χ0v) is 18.1. The lowest BCUT2D eigenvalue weighted by atomic mass is 9.79. The summed E-state index contributed by atoms with van der Waals surface area (Å²) < 4.78 is 5.74. The zero-order valence-electron chi connectivity index (χ0n) is 17.3. The summed E-state index contributed by atoms with van der Waals surface area (Å²) in [7, 11) is 0. The molecule has 4 fully saturated rings. The smallest absolute Gasteiger partial charge is 0.251 e. The van der Waals surface area contributed by atoms with Crippen LogP contribution >= 0.6 is 11.8 Å². The fraction of sp³-hybridized carbons (Fsp3) is 0.545. The third kappa shape index (κ3) is 4.14. The van der Waals surface area contributed by atoms with Gasteiger partial charge in [-0.3, -0.25) is 9.69 Å². The highest BCUT2D eigenvalue weighted by Crippen LogP contribution is 2.32. The first-order valence-corrected chi connectivity index (χ1v) is 11.7. The van der Waals surface area contributed by atoms with Gasteiger partial charge >= 0.3 is 0 Å². The van der Waals surface area contributed by atoms with Gasteiger partial charge in [0, 0.05) is 35.6 Å². The second kappa shape index (κ2) is 8.70. The zero-order chi connectivity index (χ0) is 20.5. The third-order valence-electron chi connectivity index (χ3n) is 6.62. The lowest BCUT2D eigenvalue weighted by molar-refractivity contribution is 0.0217. The summed E-state index contributed by atoms with van der Waals surface area (Å²) in [6, 6.07) is 8.50. The maximum Gasteiger partial charge on any atom is 0.251 e. The molecule has 6 rings (SSSR count). The number of imidazole rings is 1. The van der Waals surface area contributed by atoms with Gasteiger partial charge in [0.25, 0.3) is 5.91 Å². The average Bonchev–Trinajstić information content (AvgIpc) is 3.26. The van der Waals surface area contributed by atoms with Crippen molar-refractivity contribution in [2.75, 3.05) is 32.8 Å². The van der Waals surface area contributed by atoms with Crippen LogP contribution in [-0.4, -0.2) is 65.6 Å². The monoisotopic (exact) mass is 427 g/mol. The summed E-state index contributed by atoms with van der Waals surface area (Å²) in [5, 5.41) is 7.59. The molecule has 5 heterocycles. The summed E-state index contributed by atoms with van der Waals surface area (Å²) >= 11 is 1.61. The molecule has 30 heavy (non-hydrogen) atoms. The lowest BCUT2D eigenvalue weighted by Crippen LogP contribution is -2.62. The van der Waals surface area contributed by atoms with Crippen LogP contribution in [-0.2, 0) is 4.74 Å². The van der Waals surface area contributed by atoms with Crippen LogP contribution in [0.2, 0.25) is 0 Å².